The second-order valence-electron chi connectivity index (χ2n) is 10.2. The number of aromatic hydroxyl groups is 1. The molecule has 3 aromatic carbocycles. The van der Waals surface area contributed by atoms with Crippen molar-refractivity contribution in [1.29, 1.82) is 0 Å². The number of piperidine rings is 1. The van der Waals surface area contributed by atoms with Crippen LogP contribution in [0.25, 0.3) is 0 Å². The SMILES string of the molecule is NC(=O)CC1(Cc2ccc(O)cc2)C[C@H]2CC[C@@H](C1)N2C(c1ccccc1Cl)c1ccccc1Cl. The van der Waals surface area contributed by atoms with Gasteiger partial charge in [0.25, 0.3) is 0 Å². The van der Waals surface area contributed by atoms with Crippen LogP contribution in [0.1, 0.15) is 54.8 Å². The Morgan fingerprint density at radius 3 is 1.91 bits per heavy atom. The van der Waals surface area contributed by atoms with Crippen molar-refractivity contribution in [3.63, 3.8) is 0 Å². The van der Waals surface area contributed by atoms with Gasteiger partial charge < -0.3 is 10.8 Å². The maximum atomic E-state index is 12.2. The zero-order chi connectivity index (χ0) is 24.6. The van der Waals surface area contributed by atoms with E-state index >= 15 is 0 Å². The zero-order valence-electron chi connectivity index (χ0n) is 19.5. The van der Waals surface area contributed by atoms with Gasteiger partial charge in [0.2, 0.25) is 5.91 Å². The Kier molecular flexibility index (Phi) is 6.80. The fourth-order valence-corrected chi connectivity index (χ4v) is 7.03. The second kappa shape index (κ2) is 9.85. The Morgan fingerprint density at radius 2 is 1.43 bits per heavy atom. The Bertz CT molecular complexity index is 1150. The summed E-state index contributed by atoms with van der Waals surface area (Å²) in [5.41, 5.74) is 8.80. The number of primary amides is 1. The molecule has 35 heavy (non-hydrogen) atoms. The third-order valence-corrected chi connectivity index (χ3v) is 8.46. The second-order valence-corrected chi connectivity index (χ2v) is 11.0. The van der Waals surface area contributed by atoms with E-state index in [-0.39, 0.29) is 35.2 Å². The van der Waals surface area contributed by atoms with Gasteiger partial charge in [-0.05, 0) is 78.5 Å². The van der Waals surface area contributed by atoms with Crippen molar-refractivity contribution in [1.82, 2.24) is 4.90 Å². The highest BCUT2D eigenvalue weighted by Gasteiger charge is 2.51. The van der Waals surface area contributed by atoms with E-state index in [4.69, 9.17) is 28.9 Å². The highest BCUT2D eigenvalue weighted by molar-refractivity contribution is 6.32. The van der Waals surface area contributed by atoms with E-state index in [0.717, 1.165) is 58.8 Å². The summed E-state index contributed by atoms with van der Waals surface area (Å²) in [4.78, 5) is 14.8. The van der Waals surface area contributed by atoms with E-state index in [1.54, 1.807) is 12.1 Å². The summed E-state index contributed by atoms with van der Waals surface area (Å²) in [5.74, 6) is -0.0136. The van der Waals surface area contributed by atoms with Crippen molar-refractivity contribution in [3.05, 3.63) is 99.5 Å². The number of carbonyl (C=O) groups is 1. The largest absolute Gasteiger partial charge is 0.508 e. The van der Waals surface area contributed by atoms with Gasteiger partial charge in [-0.1, -0.05) is 71.7 Å². The molecule has 2 aliphatic heterocycles. The zero-order valence-corrected chi connectivity index (χ0v) is 21.1. The quantitative estimate of drug-likeness (QED) is 0.381. The smallest absolute Gasteiger partial charge is 0.217 e. The molecular formula is C29H30Cl2N2O2. The number of rotatable bonds is 7. The van der Waals surface area contributed by atoms with Gasteiger partial charge in [0, 0.05) is 28.5 Å². The topological polar surface area (TPSA) is 66.6 Å². The Hall–Kier alpha value is -2.53. The lowest BCUT2D eigenvalue weighted by Crippen LogP contribution is -2.51. The highest BCUT2D eigenvalue weighted by atomic mass is 35.5. The molecule has 2 fully saturated rings. The molecule has 1 amide bonds. The first-order valence-corrected chi connectivity index (χ1v) is 12.9. The van der Waals surface area contributed by atoms with Crippen LogP contribution < -0.4 is 5.73 Å². The number of benzene rings is 3. The van der Waals surface area contributed by atoms with Crippen LogP contribution in [-0.2, 0) is 11.2 Å². The lowest BCUT2D eigenvalue weighted by Gasteiger charge is -2.50. The average molecular weight is 509 g/mol. The first kappa shape index (κ1) is 24.2. The molecule has 4 nitrogen and oxygen atoms in total. The summed E-state index contributed by atoms with van der Waals surface area (Å²) in [5, 5.41) is 11.2. The molecule has 0 aromatic heterocycles. The summed E-state index contributed by atoms with van der Waals surface area (Å²) >= 11 is 13.5. The van der Waals surface area contributed by atoms with Gasteiger partial charge in [0.05, 0.1) is 6.04 Å². The number of nitrogens with two attached hydrogens (primary N) is 1. The molecule has 5 rings (SSSR count). The molecule has 3 atom stereocenters. The van der Waals surface area contributed by atoms with Crippen molar-refractivity contribution in [2.75, 3.05) is 0 Å². The van der Waals surface area contributed by atoms with E-state index in [1.165, 1.54) is 0 Å². The molecule has 3 aromatic rings. The lowest BCUT2D eigenvalue weighted by molar-refractivity contribution is -0.122. The molecular weight excluding hydrogens is 479 g/mol. The number of hydrogen-bond donors (Lipinski definition) is 2. The summed E-state index contributed by atoms with van der Waals surface area (Å²) in [6.45, 7) is 0. The van der Waals surface area contributed by atoms with Crippen LogP contribution >= 0.6 is 23.2 Å². The van der Waals surface area contributed by atoms with E-state index < -0.39 is 0 Å². The van der Waals surface area contributed by atoms with E-state index in [1.807, 2.05) is 48.5 Å². The molecule has 2 bridgehead atoms. The van der Waals surface area contributed by atoms with Crippen molar-refractivity contribution in [2.24, 2.45) is 11.1 Å². The predicted molar refractivity (Wildman–Crippen MR) is 141 cm³/mol. The first-order valence-electron chi connectivity index (χ1n) is 12.2. The Labute approximate surface area is 216 Å². The summed E-state index contributed by atoms with van der Waals surface area (Å²) in [6, 6.07) is 23.8. The minimum atomic E-state index is -0.259. The first-order chi connectivity index (χ1) is 16.8. The molecule has 1 unspecified atom stereocenters. The lowest BCUT2D eigenvalue weighted by atomic mass is 9.68. The summed E-state index contributed by atoms with van der Waals surface area (Å²) in [7, 11) is 0. The van der Waals surface area contributed by atoms with Crippen LogP contribution in [-0.4, -0.2) is 28.0 Å². The average Bonchev–Trinajstić information content (AvgIpc) is 3.08. The fourth-order valence-electron chi connectivity index (χ4n) is 6.55. The third kappa shape index (κ3) is 4.93. The molecule has 2 heterocycles. The predicted octanol–water partition coefficient (Wildman–Crippen LogP) is 6.52. The van der Waals surface area contributed by atoms with Gasteiger partial charge in [-0.25, -0.2) is 0 Å². The van der Waals surface area contributed by atoms with Gasteiger partial charge in [0.1, 0.15) is 5.75 Å². The maximum absolute atomic E-state index is 12.2. The number of carbonyl (C=O) groups excluding carboxylic acids is 1. The van der Waals surface area contributed by atoms with Crippen molar-refractivity contribution in [2.45, 2.75) is 56.7 Å². The monoisotopic (exact) mass is 508 g/mol. The molecule has 0 radical (unpaired) electrons. The van der Waals surface area contributed by atoms with E-state index in [9.17, 15) is 9.90 Å². The molecule has 0 saturated carbocycles. The Balaban J connectivity index is 1.53. The molecule has 182 valence electrons. The summed E-state index contributed by atoms with van der Waals surface area (Å²) in [6.07, 6.45) is 4.99. The van der Waals surface area contributed by atoms with Crippen LogP contribution in [0, 0.1) is 5.41 Å². The van der Waals surface area contributed by atoms with Gasteiger partial charge in [-0.2, -0.15) is 0 Å². The Morgan fingerprint density at radius 1 is 0.914 bits per heavy atom. The maximum Gasteiger partial charge on any atom is 0.217 e. The van der Waals surface area contributed by atoms with E-state index in [2.05, 4.69) is 17.0 Å². The highest BCUT2D eigenvalue weighted by Crippen LogP contribution is 2.54. The third-order valence-electron chi connectivity index (χ3n) is 7.78. The van der Waals surface area contributed by atoms with Crippen LogP contribution in [0.2, 0.25) is 10.0 Å². The summed E-state index contributed by atoms with van der Waals surface area (Å²) < 4.78 is 0. The van der Waals surface area contributed by atoms with Gasteiger partial charge in [-0.15, -0.1) is 0 Å². The number of halogens is 2. The van der Waals surface area contributed by atoms with Crippen molar-refractivity contribution < 1.29 is 9.90 Å². The molecule has 6 heteroatoms. The number of hydrogen-bond acceptors (Lipinski definition) is 3. The normalized spacial score (nSPS) is 24.1. The molecule has 2 aliphatic rings. The van der Waals surface area contributed by atoms with Crippen LogP contribution in [0.5, 0.6) is 5.75 Å². The molecule has 3 N–H and O–H groups in total. The van der Waals surface area contributed by atoms with Gasteiger partial charge in [0.15, 0.2) is 0 Å². The fraction of sp³-hybridized carbons (Fsp3) is 0.345. The van der Waals surface area contributed by atoms with E-state index in [0.29, 0.717) is 6.42 Å². The minimum absolute atomic E-state index is 0.0600. The van der Waals surface area contributed by atoms with Crippen molar-refractivity contribution >= 4 is 29.1 Å². The van der Waals surface area contributed by atoms with Crippen LogP contribution in [0.4, 0.5) is 0 Å². The van der Waals surface area contributed by atoms with Crippen LogP contribution in [0.15, 0.2) is 72.8 Å². The number of phenolic OH excluding ortho intramolecular Hbond substituents is 1. The number of phenols is 1. The minimum Gasteiger partial charge on any atom is -0.508 e. The van der Waals surface area contributed by atoms with Crippen molar-refractivity contribution in [3.8, 4) is 5.75 Å². The molecule has 2 saturated heterocycles. The van der Waals surface area contributed by atoms with Gasteiger partial charge in [-0.3, -0.25) is 9.69 Å². The molecule has 0 spiro atoms. The van der Waals surface area contributed by atoms with Crippen LogP contribution in [0.3, 0.4) is 0 Å². The number of nitrogens with zero attached hydrogens (tertiary/aromatic N) is 1. The number of fused-ring (bicyclic) bond motifs is 2. The molecule has 0 aliphatic carbocycles. The van der Waals surface area contributed by atoms with Gasteiger partial charge >= 0.3 is 0 Å². The number of amides is 1. The standard InChI is InChI=1S/C29H30Cl2N2O2/c30-25-7-3-1-5-23(25)28(24-6-2-4-8-26(24)31)33-20-11-12-21(33)17-29(16-20,18-27(32)35)15-19-9-13-22(34)14-10-19/h1-10,13-14,20-21,28,34H,11-12,15-18H2,(H2,32,35)/t20-,21+,29?.